The first-order valence-electron chi connectivity index (χ1n) is 10.6. The second-order valence-corrected chi connectivity index (χ2v) is 12.0. The summed E-state index contributed by atoms with van der Waals surface area (Å²) in [5, 5.41) is -0.458. The molecule has 0 spiro atoms. The van der Waals surface area contributed by atoms with Gasteiger partial charge in [-0.3, -0.25) is 14.5 Å². The molecule has 0 aromatic heterocycles. The van der Waals surface area contributed by atoms with E-state index in [1.807, 2.05) is 29.5 Å². The first-order valence-corrected chi connectivity index (χ1v) is 14.2. The number of amides is 2. The van der Waals surface area contributed by atoms with Crippen molar-refractivity contribution in [1.29, 1.82) is 0 Å². The zero-order chi connectivity index (χ0) is 26.9. The van der Waals surface area contributed by atoms with E-state index in [1.165, 1.54) is 49.6 Å². The fourth-order valence-corrected chi connectivity index (χ4v) is 6.30. The molecule has 3 aromatic rings. The third-order valence-corrected chi connectivity index (χ3v) is 8.60. The fourth-order valence-electron chi connectivity index (χ4n) is 3.40. The van der Waals surface area contributed by atoms with Crippen molar-refractivity contribution in [2.24, 2.45) is 0 Å². The summed E-state index contributed by atoms with van der Waals surface area (Å²) in [5.74, 6) is -1.12. The van der Waals surface area contributed by atoms with E-state index in [-0.39, 0.29) is 38.4 Å². The molecule has 0 radical (unpaired) electrons. The van der Waals surface area contributed by atoms with E-state index in [4.69, 9.17) is 20.5 Å². The number of rotatable bonds is 7. The molecule has 1 heterocycles. The molecule has 0 unspecified atom stereocenters. The highest BCUT2D eigenvalue weighted by Gasteiger charge is 2.36. The largest absolute Gasteiger partial charge is 0.493 e. The van der Waals surface area contributed by atoms with Gasteiger partial charge >= 0.3 is 10.1 Å². The molecule has 12 heteroatoms. The number of imide groups is 1. The molecule has 3 aromatic carbocycles. The maximum atomic E-state index is 14.2. The van der Waals surface area contributed by atoms with Crippen LogP contribution in [-0.2, 0) is 21.5 Å². The van der Waals surface area contributed by atoms with Gasteiger partial charge in [0, 0.05) is 10.6 Å². The number of carbonyl (C=O) groups is 2. The first kappa shape index (κ1) is 27.4. The molecule has 1 saturated heterocycles. The Kier molecular flexibility index (Phi) is 8.17. The SMILES string of the molecule is COc1cc(/C=C2\SC(=O)N(Cc3c(F)cccc3Cl)C2=O)cc(I)c1OS(=O)(=O)c1ccc(C)cc1. The monoisotopic (exact) mass is 673 g/mol. The molecule has 0 saturated carbocycles. The molecular weight excluding hydrogens is 656 g/mol. The highest BCUT2D eigenvalue weighted by molar-refractivity contribution is 14.1. The van der Waals surface area contributed by atoms with E-state index in [9.17, 15) is 22.4 Å². The van der Waals surface area contributed by atoms with Crippen LogP contribution in [0, 0.1) is 16.3 Å². The Labute approximate surface area is 235 Å². The third-order valence-electron chi connectivity index (χ3n) is 5.30. The van der Waals surface area contributed by atoms with Crippen LogP contribution in [0.4, 0.5) is 9.18 Å². The van der Waals surface area contributed by atoms with Crippen LogP contribution in [-0.4, -0.2) is 31.6 Å². The summed E-state index contributed by atoms with van der Waals surface area (Å²) in [4.78, 5) is 26.5. The van der Waals surface area contributed by atoms with Crippen LogP contribution >= 0.6 is 46.0 Å². The van der Waals surface area contributed by atoms with E-state index in [0.717, 1.165) is 10.5 Å². The van der Waals surface area contributed by atoms with Crippen LogP contribution < -0.4 is 8.92 Å². The number of hydrogen-bond acceptors (Lipinski definition) is 7. The predicted molar refractivity (Wildman–Crippen MR) is 148 cm³/mol. The zero-order valence-electron chi connectivity index (χ0n) is 19.3. The summed E-state index contributed by atoms with van der Waals surface area (Å²) in [6, 6.07) is 13.4. The van der Waals surface area contributed by atoms with Gasteiger partial charge in [0.2, 0.25) is 0 Å². The number of benzene rings is 3. The Morgan fingerprint density at radius 3 is 2.49 bits per heavy atom. The number of halogens is 3. The predicted octanol–water partition coefficient (Wildman–Crippen LogP) is 6.40. The van der Waals surface area contributed by atoms with Crippen LogP contribution in [0.2, 0.25) is 5.02 Å². The summed E-state index contributed by atoms with van der Waals surface area (Å²) >= 11 is 8.65. The Balaban J connectivity index is 1.61. The molecule has 0 aliphatic carbocycles. The Morgan fingerprint density at radius 2 is 1.84 bits per heavy atom. The van der Waals surface area contributed by atoms with Crippen LogP contribution in [0.3, 0.4) is 0 Å². The van der Waals surface area contributed by atoms with Gasteiger partial charge < -0.3 is 8.92 Å². The Hall–Kier alpha value is -2.61. The van der Waals surface area contributed by atoms with E-state index >= 15 is 0 Å². The number of thioether (sulfide) groups is 1. The quantitative estimate of drug-likeness (QED) is 0.163. The van der Waals surface area contributed by atoms with Crippen molar-refractivity contribution in [2.75, 3.05) is 7.11 Å². The van der Waals surface area contributed by atoms with Gasteiger partial charge in [0.25, 0.3) is 11.1 Å². The molecule has 1 aliphatic rings. The van der Waals surface area contributed by atoms with Crippen molar-refractivity contribution in [1.82, 2.24) is 4.90 Å². The molecule has 0 N–H and O–H groups in total. The van der Waals surface area contributed by atoms with E-state index < -0.39 is 27.1 Å². The lowest BCUT2D eigenvalue weighted by atomic mass is 10.1. The van der Waals surface area contributed by atoms with E-state index in [0.29, 0.717) is 20.9 Å². The molecule has 7 nitrogen and oxygen atoms in total. The smallest absolute Gasteiger partial charge is 0.339 e. The highest BCUT2D eigenvalue weighted by atomic mass is 127. The lowest BCUT2D eigenvalue weighted by molar-refractivity contribution is -0.123. The Morgan fingerprint density at radius 1 is 1.14 bits per heavy atom. The van der Waals surface area contributed by atoms with Crippen molar-refractivity contribution in [2.45, 2.75) is 18.4 Å². The lowest BCUT2D eigenvalue weighted by Gasteiger charge is -2.14. The van der Waals surface area contributed by atoms with Gasteiger partial charge in [-0.25, -0.2) is 4.39 Å². The second-order valence-electron chi connectivity index (χ2n) is 7.85. The molecule has 0 bridgehead atoms. The van der Waals surface area contributed by atoms with Crippen LogP contribution in [0.5, 0.6) is 11.5 Å². The maximum absolute atomic E-state index is 14.2. The molecule has 2 amide bonds. The first-order chi connectivity index (χ1) is 17.5. The number of methoxy groups -OCH3 is 1. The summed E-state index contributed by atoms with van der Waals surface area (Å²) in [6.45, 7) is 1.53. The maximum Gasteiger partial charge on any atom is 0.339 e. The molecule has 4 rings (SSSR count). The number of aryl methyl sites for hydroxylation is 1. The topological polar surface area (TPSA) is 90.0 Å². The molecular formula is C25H18ClFINO6S2. The minimum absolute atomic E-state index is 0.0105. The van der Waals surface area contributed by atoms with Gasteiger partial charge in [-0.05, 0) is 89.3 Å². The Bertz CT molecular complexity index is 1520. The average molecular weight is 674 g/mol. The van der Waals surface area contributed by atoms with E-state index in [1.54, 1.807) is 18.2 Å². The second kappa shape index (κ2) is 11.0. The minimum atomic E-state index is -4.13. The summed E-state index contributed by atoms with van der Waals surface area (Å²) in [7, 11) is -2.78. The standard InChI is InChI=1S/C25H18ClFINO6S2/c1-14-6-8-16(9-7-14)37(32,33)35-23-20(28)10-15(11-21(23)34-2)12-22-24(30)29(25(31)36-22)13-17-18(26)4-3-5-19(17)27/h3-12H,13H2,1-2H3/b22-12-. The molecule has 37 heavy (non-hydrogen) atoms. The third kappa shape index (κ3) is 5.95. The van der Waals surface area contributed by atoms with Crippen molar-refractivity contribution in [3.05, 3.63) is 90.6 Å². The van der Waals surface area contributed by atoms with Gasteiger partial charge in [0.05, 0.1) is 22.1 Å². The molecule has 1 aliphatic heterocycles. The van der Waals surface area contributed by atoms with Crippen LogP contribution in [0.1, 0.15) is 16.7 Å². The van der Waals surface area contributed by atoms with Crippen LogP contribution in [0.15, 0.2) is 64.4 Å². The summed E-state index contributed by atoms with van der Waals surface area (Å²) in [6.07, 6.45) is 1.47. The molecule has 1 fully saturated rings. The van der Waals surface area contributed by atoms with Crippen LogP contribution in [0.25, 0.3) is 6.08 Å². The van der Waals surface area contributed by atoms with Gasteiger partial charge in [-0.2, -0.15) is 8.42 Å². The van der Waals surface area contributed by atoms with Gasteiger partial charge in [-0.1, -0.05) is 35.4 Å². The van der Waals surface area contributed by atoms with Crippen molar-refractivity contribution < 1.29 is 31.3 Å². The highest BCUT2D eigenvalue weighted by Crippen LogP contribution is 2.39. The lowest BCUT2D eigenvalue weighted by Crippen LogP contribution is -2.28. The number of carbonyl (C=O) groups excluding carboxylic acids is 2. The molecule has 0 atom stereocenters. The summed E-state index contributed by atoms with van der Waals surface area (Å²) < 4.78 is 50.9. The average Bonchev–Trinajstić information content (AvgIpc) is 3.10. The zero-order valence-corrected chi connectivity index (χ0v) is 23.9. The van der Waals surface area contributed by atoms with Crippen molar-refractivity contribution in [3.63, 3.8) is 0 Å². The summed E-state index contributed by atoms with van der Waals surface area (Å²) in [5.41, 5.74) is 1.41. The van der Waals surface area contributed by atoms with Gasteiger partial charge in [-0.15, -0.1) is 0 Å². The number of hydrogen-bond donors (Lipinski definition) is 0. The fraction of sp³-hybridized carbons (Fsp3) is 0.120. The minimum Gasteiger partial charge on any atom is -0.493 e. The molecule has 192 valence electrons. The number of ether oxygens (including phenoxy) is 1. The van der Waals surface area contributed by atoms with E-state index in [2.05, 4.69) is 0 Å². The van der Waals surface area contributed by atoms with Gasteiger partial charge in [0.1, 0.15) is 10.7 Å². The normalized spacial score (nSPS) is 14.9. The number of nitrogens with zero attached hydrogens (tertiary/aromatic N) is 1. The van der Waals surface area contributed by atoms with Crippen molar-refractivity contribution in [3.8, 4) is 11.5 Å². The van der Waals surface area contributed by atoms with Crippen molar-refractivity contribution >= 4 is 73.3 Å². The van der Waals surface area contributed by atoms with Gasteiger partial charge in [0.15, 0.2) is 11.5 Å².